The Morgan fingerprint density at radius 1 is 1.22 bits per heavy atom. The van der Waals surface area contributed by atoms with Gasteiger partial charge in [0.15, 0.2) is 0 Å². The number of anilines is 1. The molecule has 0 spiro atoms. The zero-order valence-corrected chi connectivity index (χ0v) is 16.0. The van der Waals surface area contributed by atoms with Crippen molar-refractivity contribution in [3.05, 3.63) is 53.6 Å². The third kappa shape index (κ3) is 4.47. The molecule has 0 radical (unpaired) electrons. The van der Waals surface area contributed by atoms with Gasteiger partial charge in [0.05, 0.1) is 24.2 Å². The van der Waals surface area contributed by atoms with Gasteiger partial charge in [-0.2, -0.15) is 0 Å². The first kappa shape index (κ1) is 19.3. The van der Waals surface area contributed by atoms with Crippen LogP contribution in [0.1, 0.15) is 22.3 Å². The number of ether oxygens (including phenoxy) is 2. The zero-order chi connectivity index (χ0) is 19.4. The fourth-order valence-electron chi connectivity index (χ4n) is 2.85. The largest absolute Gasteiger partial charge is 0.496 e. The van der Waals surface area contributed by atoms with E-state index in [2.05, 4.69) is 10.0 Å². The maximum absolute atomic E-state index is 12.7. The Hall–Kier alpha value is -2.42. The topological polar surface area (TPSA) is 93.7 Å². The van der Waals surface area contributed by atoms with Crippen LogP contribution in [-0.4, -0.2) is 40.7 Å². The minimum Gasteiger partial charge on any atom is -0.496 e. The first-order chi connectivity index (χ1) is 12.9. The van der Waals surface area contributed by atoms with Crippen LogP contribution in [0.3, 0.4) is 0 Å². The number of hydrogen-bond acceptors (Lipinski definition) is 5. The van der Waals surface area contributed by atoms with Crippen LogP contribution < -0.4 is 14.8 Å². The molecule has 1 aliphatic heterocycles. The van der Waals surface area contributed by atoms with E-state index in [1.807, 2.05) is 25.1 Å². The Morgan fingerprint density at radius 2 is 2.00 bits per heavy atom. The molecule has 8 heteroatoms. The summed E-state index contributed by atoms with van der Waals surface area (Å²) in [5.41, 5.74) is 1.70. The van der Waals surface area contributed by atoms with Crippen LogP contribution in [0.5, 0.6) is 5.75 Å². The molecule has 1 heterocycles. The minimum absolute atomic E-state index is 0.00475. The van der Waals surface area contributed by atoms with Gasteiger partial charge < -0.3 is 14.8 Å². The summed E-state index contributed by atoms with van der Waals surface area (Å²) in [6.45, 7) is 2.75. The molecule has 0 bridgehead atoms. The van der Waals surface area contributed by atoms with Crippen molar-refractivity contribution >= 4 is 21.6 Å². The average molecular weight is 390 g/mol. The number of rotatable bonds is 6. The van der Waals surface area contributed by atoms with Crippen LogP contribution in [-0.2, 0) is 14.8 Å². The summed E-state index contributed by atoms with van der Waals surface area (Å²) in [6, 6.07) is 11.3. The highest BCUT2D eigenvalue weighted by atomic mass is 32.2. The Labute approximate surface area is 158 Å². The summed E-state index contributed by atoms with van der Waals surface area (Å²) in [6.07, 6.45) is 0.621. The Morgan fingerprint density at radius 3 is 2.67 bits per heavy atom. The average Bonchev–Trinajstić information content (AvgIpc) is 3.15. The van der Waals surface area contributed by atoms with Gasteiger partial charge in [-0.05, 0) is 43.2 Å². The summed E-state index contributed by atoms with van der Waals surface area (Å²) in [5.74, 6) is -0.147. The number of methoxy groups -OCH3 is 1. The number of para-hydroxylation sites is 1. The van der Waals surface area contributed by atoms with E-state index in [0.29, 0.717) is 31.1 Å². The summed E-state index contributed by atoms with van der Waals surface area (Å²) in [7, 11) is -2.34. The lowest BCUT2D eigenvalue weighted by Gasteiger charge is -2.15. The van der Waals surface area contributed by atoms with E-state index < -0.39 is 15.9 Å². The number of amides is 1. The molecule has 1 unspecified atom stereocenters. The zero-order valence-electron chi connectivity index (χ0n) is 15.2. The molecule has 1 atom stereocenters. The standard InChI is InChI=1S/C19H22N2O5S/c1-13-5-3-4-6-17(13)20-19(22)16-11-15(7-8-18(16)25-2)27(23,24)21-14-9-10-26-12-14/h3-8,11,14,21H,9-10,12H2,1-2H3,(H,20,22). The predicted molar refractivity (Wildman–Crippen MR) is 102 cm³/mol. The maximum Gasteiger partial charge on any atom is 0.259 e. The molecule has 0 aromatic heterocycles. The first-order valence-corrected chi connectivity index (χ1v) is 10.0. The minimum atomic E-state index is -3.77. The van der Waals surface area contributed by atoms with Crippen molar-refractivity contribution in [2.75, 3.05) is 25.6 Å². The lowest BCUT2D eigenvalue weighted by molar-refractivity contribution is 0.102. The van der Waals surface area contributed by atoms with Crippen LogP contribution in [0.15, 0.2) is 47.4 Å². The number of hydrogen-bond donors (Lipinski definition) is 2. The Kier molecular flexibility index (Phi) is 5.79. The molecule has 1 aliphatic rings. The highest BCUT2D eigenvalue weighted by molar-refractivity contribution is 7.89. The summed E-state index contributed by atoms with van der Waals surface area (Å²) < 4.78 is 38.3. The van der Waals surface area contributed by atoms with Gasteiger partial charge >= 0.3 is 0 Å². The molecule has 0 saturated carbocycles. The third-order valence-electron chi connectivity index (χ3n) is 4.37. The van der Waals surface area contributed by atoms with E-state index in [1.54, 1.807) is 6.07 Å². The van der Waals surface area contributed by atoms with Gasteiger partial charge in [-0.1, -0.05) is 18.2 Å². The van der Waals surface area contributed by atoms with Crippen molar-refractivity contribution in [1.82, 2.24) is 4.72 Å². The van der Waals surface area contributed by atoms with E-state index in [9.17, 15) is 13.2 Å². The second-order valence-electron chi connectivity index (χ2n) is 6.31. The first-order valence-electron chi connectivity index (χ1n) is 8.56. The molecule has 7 nitrogen and oxygen atoms in total. The molecule has 2 aromatic rings. The molecule has 2 N–H and O–H groups in total. The fourth-order valence-corrected chi connectivity index (χ4v) is 4.13. The SMILES string of the molecule is COc1ccc(S(=O)(=O)NC2CCOC2)cc1C(=O)Nc1ccccc1C. The van der Waals surface area contributed by atoms with Crippen molar-refractivity contribution in [3.8, 4) is 5.75 Å². The normalized spacial score (nSPS) is 16.9. The van der Waals surface area contributed by atoms with E-state index in [1.165, 1.54) is 25.3 Å². The molecular weight excluding hydrogens is 368 g/mol. The molecule has 1 saturated heterocycles. The number of benzene rings is 2. The molecule has 27 heavy (non-hydrogen) atoms. The number of carbonyl (C=O) groups is 1. The van der Waals surface area contributed by atoms with Crippen molar-refractivity contribution in [3.63, 3.8) is 0 Å². The van der Waals surface area contributed by atoms with Crippen molar-refractivity contribution in [2.45, 2.75) is 24.3 Å². The molecule has 3 rings (SSSR count). The Balaban J connectivity index is 1.89. The second kappa shape index (κ2) is 8.08. The monoisotopic (exact) mass is 390 g/mol. The number of sulfonamides is 1. The number of aryl methyl sites for hydroxylation is 1. The van der Waals surface area contributed by atoms with Crippen LogP contribution in [0.25, 0.3) is 0 Å². The number of nitrogens with one attached hydrogen (secondary N) is 2. The van der Waals surface area contributed by atoms with E-state index in [-0.39, 0.29) is 16.5 Å². The Bertz CT molecular complexity index is 937. The molecule has 2 aromatic carbocycles. The highest BCUT2D eigenvalue weighted by Gasteiger charge is 2.25. The highest BCUT2D eigenvalue weighted by Crippen LogP contribution is 2.25. The van der Waals surface area contributed by atoms with E-state index >= 15 is 0 Å². The van der Waals surface area contributed by atoms with Crippen molar-refractivity contribution in [1.29, 1.82) is 0 Å². The lowest BCUT2D eigenvalue weighted by Crippen LogP contribution is -2.35. The van der Waals surface area contributed by atoms with Gasteiger partial charge in [-0.15, -0.1) is 0 Å². The van der Waals surface area contributed by atoms with Gasteiger partial charge in [0.2, 0.25) is 10.0 Å². The smallest absolute Gasteiger partial charge is 0.259 e. The van der Waals surface area contributed by atoms with Crippen molar-refractivity contribution in [2.24, 2.45) is 0 Å². The van der Waals surface area contributed by atoms with Gasteiger partial charge in [-0.3, -0.25) is 4.79 Å². The van der Waals surface area contributed by atoms with Crippen LogP contribution in [0, 0.1) is 6.92 Å². The van der Waals surface area contributed by atoms with Crippen LogP contribution in [0.2, 0.25) is 0 Å². The maximum atomic E-state index is 12.7. The lowest BCUT2D eigenvalue weighted by atomic mass is 10.1. The van der Waals surface area contributed by atoms with Crippen molar-refractivity contribution < 1.29 is 22.7 Å². The molecule has 0 aliphatic carbocycles. The van der Waals surface area contributed by atoms with Crippen LogP contribution in [0.4, 0.5) is 5.69 Å². The van der Waals surface area contributed by atoms with Crippen LogP contribution >= 0.6 is 0 Å². The van der Waals surface area contributed by atoms with Gasteiger partial charge in [0.1, 0.15) is 5.75 Å². The summed E-state index contributed by atoms with van der Waals surface area (Å²) in [4.78, 5) is 12.7. The van der Waals surface area contributed by atoms with Gasteiger partial charge in [-0.25, -0.2) is 13.1 Å². The number of carbonyl (C=O) groups excluding carboxylic acids is 1. The summed E-state index contributed by atoms with van der Waals surface area (Å²) in [5, 5.41) is 2.80. The quantitative estimate of drug-likeness (QED) is 0.790. The second-order valence-corrected chi connectivity index (χ2v) is 8.03. The van der Waals surface area contributed by atoms with Gasteiger partial charge in [0.25, 0.3) is 5.91 Å². The molecule has 1 amide bonds. The van der Waals surface area contributed by atoms with E-state index in [0.717, 1.165) is 5.56 Å². The fraction of sp³-hybridized carbons (Fsp3) is 0.316. The molecule has 144 valence electrons. The van der Waals surface area contributed by atoms with Gasteiger partial charge in [0, 0.05) is 18.3 Å². The predicted octanol–water partition coefficient (Wildman–Crippen LogP) is 2.32. The third-order valence-corrected chi connectivity index (χ3v) is 5.89. The molecular formula is C19H22N2O5S. The molecule has 1 fully saturated rings. The van der Waals surface area contributed by atoms with E-state index in [4.69, 9.17) is 9.47 Å². The summed E-state index contributed by atoms with van der Waals surface area (Å²) >= 11 is 0.